The number of rotatable bonds is 6. The summed E-state index contributed by atoms with van der Waals surface area (Å²) in [6.07, 6.45) is 3.90. The molecule has 0 aromatic heterocycles. The molecule has 2 N–H and O–H groups in total. The van der Waals surface area contributed by atoms with Crippen LogP contribution in [0.25, 0.3) is 0 Å². The van der Waals surface area contributed by atoms with E-state index >= 15 is 0 Å². The van der Waals surface area contributed by atoms with Crippen LogP contribution in [0.3, 0.4) is 0 Å². The van der Waals surface area contributed by atoms with Gasteiger partial charge in [-0.05, 0) is 37.0 Å². The summed E-state index contributed by atoms with van der Waals surface area (Å²) < 4.78 is 0. The minimum absolute atomic E-state index is 0.0537. The van der Waals surface area contributed by atoms with Crippen molar-refractivity contribution >= 4 is 12.0 Å². The lowest BCUT2D eigenvalue weighted by Gasteiger charge is -2.40. The largest absolute Gasteiger partial charge is 0.481 e. The Morgan fingerprint density at radius 1 is 1.30 bits per heavy atom. The zero-order valence-electron chi connectivity index (χ0n) is 12.9. The number of likely N-dealkylation sites (tertiary alicyclic amines) is 1. The van der Waals surface area contributed by atoms with Gasteiger partial charge in [0.25, 0.3) is 0 Å². The van der Waals surface area contributed by atoms with Crippen molar-refractivity contribution in [1.29, 1.82) is 0 Å². The number of piperidine rings is 1. The van der Waals surface area contributed by atoms with Crippen LogP contribution in [0.5, 0.6) is 0 Å². The second kappa shape index (κ2) is 7.50. The van der Waals surface area contributed by atoms with Gasteiger partial charge in [-0.15, -0.1) is 0 Å². The van der Waals surface area contributed by atoms with Crippen molar-refractivity contribution in [2.75, 3.05) is 19.6 Å². The molecule has 1 fully saturated rings. The van der Waals surface area contributed by atoms with E-state index in [0.29, 0.717) is 24.3 Å². The number of carboxylic acid groups (broad SMARTS) is 1. The summed E-state index contributed by atoms with van der Waals surface area (Å²) in [5.41, 5.74) is 0.355. The maximum atomic E-state index is 11.9. The zero-order valence-corrected chi connectivity index (χ0v) is 12.9. The number of aliphatic carboxylic acids is 1. The molecule has 0 saturated carbocycles. The molecule has 1 aliphatic rings. The third-order valence-electron chi connectivity index (χ3n) is 4.00. The van der Waals surface area contributed by atoms with E-state index < -0.39 is 5.97 Å². The SMILES string of the molecule is CC(C)CC1(C)CCN(C(=O)NCCCC(=O)O)CC1. The summed E-state index contributed by atoms with van der Waals surface area (Å²) in [5, 5.41) is 11.3. The van der Waals surface area contributed by atoms with E-state index in [0.717, 1.165) is 25.9 Å². The minimum Gasteiger partial charge on any atom is -0.481 e. The summed E-state index contributed by atoms with van der Waals surface area (Å²) >= 11 is 0. The van der Waals surface area contributed by atoms with E-state index in [-0.39, 0.29) is 12.5 Å². The Hall–Kier alpha value is -1.26. The topological polar surface area (TPSA) is 69.6 Å². The summed E-state index contributed by atoms with van der Waals surface area (Å²) in [6, 6.07) is -0.0537. The van der Waals surface area contributed by atoms with Gasteiger partial charge in [-0.1, -0.05) is 20.8 Å². The highest BCUT2D eigenvalue weighted by Crippen LogP contribution is 2.36. The Morgan fingerprint density at radius 2 is 1.90 bits per heavy atom. The van der Waals surface area contributed by atoms with Gasteiger partial charge >= 0.3 is 12.0 Å². The van der Waals surface area contributed by atoms with Gasteiger partial charge in [0.1, 0.15) is 0 Å². The molecule has 0 bridgehead atoms. The van der Waals surface area contributed by atoms with Gasteiger partial charge < -0.3 is 15.3 Å². The average Bonchev–Trinajstić information content (AvgIpc) is 2.33. The molecule has 5 nitrogen and oxygen atoms in total. The van der Waals surface area contributed by atoms with E-state index in [2.05, 4.69) is 26.1 Å². The molecule has 0 atom stereocenters. The molecular weight excluding hydrogens is 256 g/mol. The third kappa shape index (κ3) is 5.80. The van der Waals surface area contributed by atoms with Crippen molar-refractivity contribution in [2.45, 2.75) is 52.9 Å². The molecule has 0 aliphatic carbocycles. The molecule has 0 spiro atoms. The quantitative estimate of drug-likeness (QED) is 0.737. The first-order valence-electron chi connectivity index (χ1n) is 7.57. The van der Waals surface area contributed by atoms with Crippen molar-refractivity contribution in [3.05, 3.63) is 0 Å². The minimum atomic E-state index is -0.818. The summed E-state index contributed by atoms with van der Waals surface area (Å²) in [5.74, 6) is -0.127. The number of urea groups is 1. The summed E-state index contributed by atoms with van der Waals surface area (Å²) in [4.78, 5) is 24.2. The highest BCUT2D eigenvalue weighted by Gasteiger charge is 2.32. The van der Waals surface area contributed by atoms with Crippen LogP contribution < -0.4 is 5.32 Å². The fourth-order valence-electron chi connectivity index (χ4n) is 2.99. The van der Waals surface area contributed by atoms with E-state index in [1.54, 1.807) is 0 Å². The molecule has 0 unspecified atom stereocenters. The number of carbonyl (C=O) groups is 2. The van der Waals surface area contributed by atoms with Crippen LogP contribution in [-0.4, -0.2) is 41.6 Å². The molecule has 5 heteroatoms. The van der Waals surface area contributed by atoms with Gasteiger partial charge in [0.05, 0.1) is 0 Å². The highest BCUT2D eigenvalue weighted by atomic mass is 16.4. The van der Waals surface area contributed by atoms with Crippen LogP contribution in [0.1, 0.15) is 52.9 Å². The third-order valence-corrected chi connectivity index (χ3v) is 4.00. The molecule has 1 aliphatic heterocycles. The Bertz CT molecular complexity index is 334. The monoisotopic (exact) mass is 284 g/mol. The Morgan fingerprint density at radius 3 is 2.40 bits per heavy atom. The number of hydrogen-bond acceptors (Lipinski definition) is 2. The van der Waals surface area contributed by atoms with Gasteiger partial charge in [-0.3, -0.25) is 4.79 Å². The number of nitrogens with zero attached hydrogens (tertiary/aromatic N) is 1. The van der Waals surface area contributed by atoms with Crippen molar-refractivity contribution in [3.63, 3.8) is 0 Å². The number of nitrogens with one attached hydrogen (secondary N) is 1. The molecule has 1 rings (SSSR count). The molecule has 0 aromatic rings. The lowest BCUT2D eigenvalue weighted by atomic mass is 9.74. The number of hydrogen-bond donors (Lipinski definition) is 2. The second-order valence-electron chi connectivity index (χ2n) is 6.62. The lowest BCUT2D eigenvalue weighted by Crippen LogP contribution is -2.47. The van der Waals surface area contributed by atoms with Crippen molar-refractivity contribution in [1.82, 2.24) is 10.2 Å². The first-order chi connectivity index (χ1) is 9.32. The zero-order chi connectivity index (χ0) is 15.2. The van der Waals surface area contributed by atoms with Crippen molar-refractivity contribution in [3.8, 4) is 0 Å². The van der Waals surface area contributed by atoms with Crippen molar-refractivity contribution < 1.29 is 14.7 Å². The lowest BCUT2D eigenvalue weighted by molar-refractivity contribution is -0.137. The first kappa shape index (κ1) is 16.8. The van der Waals surface area contributed by atoms with Crippen LogP contribution in [0.15, 0.2) is 0 Å². The maximum absolute atomic E-state index is 11.9. The Labute approximate surface area is 121 Å². The van der Waals surface area contributed by atoms with Crippen LogP contribution in [-0.2, 0) is 4.79 Å². The molecule has 0 aromatic carbocycles. The smallest absolute Gasteiger partial charge is 0.317 e. The molecule has 20 heavy (non-hydrogen) atoms. The van der Waals surface area contributed by atoms with Crippen LogP contribution >= 0.6 is 0 Å². The highest BCUT2D eigenvalue weighted by molar-refractivity contribution is 5.74. The summed E-state index contributed by atoms with van der Waals surface area (Å²) in [7, 11) is 0. The number of carbonyl (C=O) groups excluding carboxylic acids is 1. The van der Waals surface area contributed by atoms with Crippen LogP contribution in [0.4, 0.5) is 4.79 Å². The molecular formula is C15H28N2O3. The van der Waals surface area contributed by atoms with Crippen molar-refractivity contribution in [2.24, 2.45) is 11.3 Å². The Kier molecular flexibility index (Phi) is 6.30. The molecule has 1 heterocycles. The van der Waals surface area contributed by atoms with E-state index in [1.807, 2.05) is 4.90 Å². The van der Waals surface area contributed by atoms with E-state index in [4.69, 9.17) is 5.11 Å². The predicted octanol–water partition coefficient (Wildman–Crippen LogP) is 2.71. The number of amides is 2. The number of carboxylic acids is 1. The standard InChI is InChI=1S/C15H28N2O3/c1-12(2)11-15(3)6-9-17(10-7-15)14(20)16-8-4-5-13(18)19/h12H,4-11H2,1-3H3,(H,16,20)(H,18,19). The molecule has 1 saturated heterocycles. The van der Waals surface area contributed by atoms with Gasteiger partial charge in [0.2, 0.25) is 0 Å². The fraction of sp³-hybridized carbons (Fsp3) is 0.867. The van der Waals surface area contributed by atoms with Gasteiger partial charge in [0.15, 0.2) is 0 Å². The Balaban J connectivity index is 2.26. The fourth-order valence-corrected chi connectivity index (χ4v) is 2.99. The molecule has 0 radical (unpaired) electrons. The van der Waals surface area contributed by atoms with Crippen LogP contribution in [0.2, 0.25) is 0 Å². The van der Waals surface area contributed by atoms with Gasteiger partial charge in [-0.25, -0.2) is 4.79 Å². The first-order valence-corrected chi connectivity index (χ1v) is 7.57. The average molecular weight is 284 g/mol. The maximum Gasteiger partial charge on any atom is 0.317 e. The molecule has 116 valence electrons. The van der Waals surface area contributed by atoms with E-state index in [1.165, 1.54) is 6.42 Å². The van der Waals surface area contributed by atoms with Crippen LogP contribution in [0, 0.1) is 11.3 Å². The molecule has 2 amide bonds. The van der Waals surface area contributed by atoms with E-state index in [9.17, 15) is 9.59 Å². The van der Waals surface area contributed by atoms with Gasteiger partial charge in [0, 0.05) is 26.1 Å². The summed E-state index contributed by atoms with van der Waals surface area (Å²) in [6.45, 7) is 8.83. The van der Waals surface area contributed by atoms with Gasteiger partial charge in [-0.2, -0.15) is 0 Å². The predicted molar refractivity (Wildman–Crippen MR) is 78.6 cm³/mol. The normalized spacial score (nSPS) is 18.1. The second-order valence-corrected chi connectivity index (χ2v) is 6.62.